The first-order valence-electron chi connectivity index (χ1n) is 9.11. The third kappa shape index (κ3) is 3.22. The molecule has 0 spiro atoms. The first-order chi connectivity index (χ1) is 12.6. The average molecular weight is 353 g/mol. The Morgan fingerprint density at radius 3 is 2.81 bits per heavy atom. The van der Waals surface area contributed by atoms with Crippen LogP contribution in [-0.2, 0) is 6.54 Å². The van der Waals surface area contributed by atoms with Gasteiger partial charge in [-0.1, -0.05) is 18.6 Å². The van der Waals surface area contributed by atoms with Gasteiger partial charge < -0.3 is 9.97 Å². The molecule has 7 heteroatoms. The first-order valence-corrected chi connectivity index (χ1v) is 9.11. The minimum atomic E-state index is -0.340. The number of imidazole rings is 1. The fraction of sp³-hybridized carbons (Fsp3) is 0.421. The number of para-hydroxylation sites is 2. The Morgan fingerprint density at radius 1 is 1.15 bits per heavy atom. The van der Waals surface area contributed by atoms with Crippen LogP contribution in [0, 0.1) is 6.92 Å². The van der Waals surface area contributed by atoms with Gasteiger partial charge in [-0.15, -0.1) is 0 Å². The number of H-pyrrole nitrogens is 2. The highest BCUT2D eigenvalue weighted by molar-refractivity contribution is 5.74. The van der Waals surface area contributed by atoms with E-state index in [9.17, 15) is 9.59 Å². The largest absolute Gasteiger partial charge is 0.341 e. The Bertz CT molecular complexity index is 968. The molecule has 1 aliphatic rings. The molecule has 0 bridgehead atoms. The molecule has 4 rings (SSSR count). The van der Waals surface area contributed by atoms with Gasteiger partial charge in [0.1, 0.15) is 5.82 Å². The summed E-state index contributed by atoms with van der Waals surface area (Å²) >= 11 is 0. The number of rotatable bonds is 4. The third-order valence-electron chi connectivity index (χ3n) is 5.10. The number of hydrogen-bond donors (Lipinski definition) is 2. The molecule has 2 N–H and O–H groups in total. The van der Waals surface area contributed by atoms with Crippen LogP contribution in [0.2, 0.25) is 0 Å². The van der Waals surface area contributed by atoms with Crippen molar-refractivity contribution in [3.05, 3.63) is 62.7 Å². The van der Waals surface area contributed by atoms with Crippen LogP contribution in [0.15, 0.2) is 39.9 Å². The minimum Gasteiger partial charge on any atom is -0.341 e. The summed E-state index contributed by atoms with van der Waals surface area (Å²) in [6.45, 7) is 3.69. The van der Waals surface area contributed by atoms with E-state index < -0.39 is 0 Å². The Balaban J connectivity index is 1.56. The number of likely N-dealkylation sites (tertiary alicyclic amines) is 1. The van der Waals surface area contributed by atoms with Crippen LogP contribution in [0.3, 0.4) is 0 Å². The molecule has 3 aromatic rings. The SMILES string of the molecule is Cc1cc(=O)n(CCN2CCCC[C@@H]2c2nc3ccccc3[nH]2)c(=O)[nH]1. The van der Waals surface area contributed by atoms with E-state index in [1.165, 1.54) is 10.6 Å². The number of nitrogens with zero attached hydrogens (tertiary/aromatic N) is 3. The van der Waals surface area contributed by atoms with Crippen molar-refractivity contribution in [1.29, 1.82) is 0 Å². The molecule has 0 amide bonds. The van der Waals surface area contributed by atoms with E-state index in [0.717, 1.165) is 42.7 Å². The Hall–Kier alpha value is -2.67. The lowest BCUT2D eigenvalue weighted by Gasteiger charge is -2.34. The van der Waals surface area contributed by atoms with Gasteiger partial charge in [-0.25, -0.2) is 9.78 Å². The second-order valence-corrected chi connectivity index (χ2v) is 6.93. The smallest absolute Gasteiger partial charge is 0.328 e. The predicted octanol–water partition coefficient (Wildman–Crippen LogP) is 1.95. The monoisotopic (exact) mass is 353 g/mol. The lowest BCUT2D eigenvalue weighted by molar-refractivity contribution is 0.136. The van der Waals surface area contributed by atoms with Gasteiger partial charge in [0, 0.05) is 24.8 Å². The number of benzene rings is 1. The molecule has 1 fully saturated rings. The van der Waals surface area contributed by atoms with Crippen molar-refractivity contribution in [2.24, 2.45) is 0 Å². The van der Waals surface area contributed by atoms with Crippen LogP contribution in [0.25, 0.3) is 11.0 Å². The van der Waals surface area contributed by atoms with Crippen LogP contribution in [0.4, 0.5) is 0 Å². The molecular weight excluding hydrogens is 330 g/mol. The number of aromatic amines is 2. The van der Waals surface area contributed by atoms with E-state index in [4.69, 9.17) is 4.98 Å². The Labute approximate surface area is 150 Å². The maximum absolute atomic E-state index is 12.1. The number of piperidine rings is 1. The van der Waals surface area contributed by atoms with E-state index >= 15 is 0 Å². The van der Waals surface area contributed by atoms with Gasteiger partial charge in [-0.3, -0.25) is 14.3 Å². The van der Waals surface area contributed by atoms with E-state index in [0.29, 0.717) is 18.8 Å². The van der Waals surface area contributed by atoms with Gasteiger partial charge in [-0.05, 0) is 38.4 Å². The molecule has 0 radical (unpaired) electrons. The van der Waals surface area contributed by atoms with E-state index in [1.54, 1.807) is 6.92 Å². The van der Waals surface area contributed by atoms with Crippen LogP contribution in [0.5, 0.6) is 0 Å². The molecule has 0 unspecified atom stereocenters. The quantitative estimate of drug-likeness (QED) is 0.750. The summed E-state index contributed by atoms with van der Waals surface area (Å²) in [5.74, 6) is 0.969. The predicted molar refractivity (Wildman–Crippen MR) is 100 cm³/mol. The molecule has 3 heterocycles. The van der Waals surface area contributed by atoms with Gasteiger partial charge in [0.05, 0.1) is 17.1 Å². The fourth-order valence-corrected chi connectivity index (χ4v) is 3.77. The summed E-state index contributed by atoms with van der Waals surface area (Å²) in [4.78, 5) is 37.4. The van der Waals surface area contributed by atoms with Gasteiger partial charge in [-0.2, -0.15) is 0 Å². The Morgan fingerprint density at radius 2 is 2.00 bits per heavy atom. The summed E-state index contributed by atoms with van der Waals surface area (Å²) in [5.41, 5.74) is 2.02. The highest BCUT2D eigenvalue weighted by Gasteiger charge is 2.26. The fourth-order valence-electron chi connectivity index (χ4n) is 3.77. The van der Waals surface area contributed by atoms with Crippen LogP contribution in [-0.4, -0.2) is 37.5 Å². The molecule has 1 aromatic carbocycles. The second kappa shape index (κ2) is 6.92. The first kappa shape index (κ1) is 16.8. The second-order valence-electron chi connectivity index (χ2n) is 6.93. The van der Waals surface area contributed by atoms with Gasteiger partial charge in [0.25, 0.3) is 5.56 Å². The average Bonchev–Trinajstić information content (AvgIpc) is 3.05. The van der Waals surface area contributed by atoms with Crippen LogP contribution < -0.4 is 11.2 Å². The summed E-state index contributed by atoms with van der Waals surface area (Å²) < 4.78 is 1.28. The molecule has 0 saturated carbocycles. The summed E-state index contributed by atoms with van der Waals surface area (Å²) in [6.07, 6.45) is 3.30. The zero-order valence-electron chi connectivity index (χ0n) is 14.9. The van der Waals surface area contributed by atoms with Gasteiger partial charge in [0.2, 0.25) is 0 Å². The maximum atomic E-state index is 12.1. The van der Waals surface area contributed by atoms with Crippen molar-refractivity contribution >= 4 is 11.0 Å². The zero-order chi connectivity index (χ0) is 18.1. The zero-order valence-corrected chi connectivity index (χ0v) is 14.9. The molecule has 1 saturated heterocycles. The molecule has 1 atom stereocenters. The lowest BCUT2D eigenvalue weighted by atomic mass is 10.0. The molecule has 1 aliphatic heterocycles. The third-order valence-corrected chi connectivity index (χ3v) is 5.10. The van der Waals surface area contributed by atoms with E-state index in [2.05, 4.69) is 14.9 Å². The van der Waals surface area contributed by atoms with E-state index in [-0.39, 0.29) is 17.3 Å². The van der Waals surface area contributed by atoms with Crippen molar-refractivity contribution in [1.82, 2.24) is 24.4 Å². The van der Waals surface area contributed by atoms with Gasteiger partial charge in [0.15, 0.2) is 0 Å². The van der Waals surface area contributed by atoms with Crippen molar-refractivity contribution in [2.45, 2.75) is 38.8 Å². The summed E-state index contributed by atoms with van der Waals surface area (Å²) in [5, 5.41) is 0. The number of hydrogen-bond acceptors (Lipinski definition) is 4. The van der Waals surface area contributed by atoms with Crippen LogP contribution >= 0.6 is 0 Å². The number of fused-ring (bicyclic) bond motifs is 1. The Kier molecular flexibility index (Phi) is 4.46. The van der Waals surface area contributed by atoms with Crippen LogP contribution in [0.1, 0.15) is 36.8 Å². The molecule has 2 aromatic heterocycles. The molecular formula is C19H23N5O2. The molecule has 136 valence electrons. The molecule has 7 nitrogen and oxygen atoms in total. The van der Waals surface area contributed by atoms with E-state index in [1.807, 2.05) is 24.3 Å². The highest BCUT2D eigenvalue weighted by atomic mass is 16.2. The lowest BCUT2D eigenvalue weighted by Crippen LogP contribution is -2.41. The van der Waals surface area contributed by atoms with Crippen molar-refractivity contribution in [3.63, 3.8) is 0 Å². The molecule has 0 aliphatic carbocycles. The summed E-state index contributed by atoms with van der Waals surface area (Å²) in [6, 6.07) is 9.68. The maximum Gasteiger partial charge on any atom is 0.328 e. The van der Waals surface area contributed by atoms with Crippen molar-refractivity contribution in [2.75, 3.05) is 13.1 Å². The number of aromatic nitrogens is 4. The van der Waals surface area contributed by atoms with Gasteiger partial charge >= 0.3 is 5.69 Å². The summed E-state index contributed by atoms with van der Waals surface area (Å²) in [7, 11) is 0. The molecule has 26 heavy (non-hydrogen) atoms. The number of nitrogens with one attached hydrogen (secondary N) is 2. The minimum absolute atomic E-state index is 0.191. The standard InChI is InChI=1S/C19H23N5O2/c1-13-12-17(25)24(19(26)20-13)11-10-23-9-5-4-8-16(23)18-21-14-6-2-3-7-15(14)22-18/h2-3,6-7,12,16H,4-5,8-11H2,1H3,(H,20,26)(H,21,22)/t16-/m1/s1. The topological polar surface area (TPSA) is 86.8 Å². The normalized spacial score (nSPS) is 18.4. The highest BCUT2D eigenvalue weighted by Crippen LogP contribution is 2.30. The number of aryl methyl sites for hydroxylation is 1. The van der Waals surface area contributed by atoms with Crippen molar-refractivity contribution < 1.29 is 0 Å². The van der Waals surface area contributed by atoms with Crippen molar-refractivity contribution in [3.8, 4) is 0 Å².